The van der Waals surface area contributed by atoms with E-state index in [1.165, 1.54) is 27.5 Å². The fourth-order valence-electron chi connectivity index (χ4n) is 4.11. The molecule has 3 aromatic carbocycles. The van der Waals surface area contributed by atoms with Crippen molar-refractivity contribution in [2.24, 2.45) is 0 Å². The average Bonchev–Trinajstić information content (AvgIpc) is 2.96. The highest BCUT2D eigenvalue weighted by Crippen LogP contribution is 2.35. The molecule has 4 aromatic rings. The van der Waals surface area contributed by atoms with E-state index in [1.807, 2.05) is 12.1 Å². The Morgan fingerprint density at radius 3 is 2.67 bits per heavy atom. The lowest BCUT2D eigenvalue weighted by Gasteiger charge is -2.19. The summed E-state index contributed by atoms with van der Waals surface area (Å²) in [7, 11) is 0. The average molecular weight is 351 g/mol. The van der Waals surface area contributed by atoms with Crippen molar-refractivity contribution in [2.75, 3.05) is 6.54 Å². The minimum Gasteiger partial charge on any atom is -0.313 e. The van der Waals surface area contributed by atoms with E-state index in [0.29, 0.717) is 5.92 Å². The van der Waals surface area contributed by atoms with Gasteiger partial charge in [0, 0.05) is 24.2 Å². The Morgan fingerprint density at radius 1 is 0.852 bits per heavy atom. The van der Waals surface area contributed by atoms with E-state index >= 15 is 0 Å². The van der Waals surface area contributed by atoms with E-state index in [1.54, 1.807) is 6.20 Å². The number of fused-ring (bicyclic) bond motifs is 2. The molecule has 132 valence electrons. The minimum absolute atomic E-state index is 0.413. The Kier molecular flexibility index (Phi) is 4.15. The van der Waals surface area contributed by atoms with Crippen molar-refractivity contribution in [3.63, 3.8) is 0 Å². The van der Waals surface area contributed by atoms with Gasteiger partial charge in [-0.25, -0.2) is 0 Å². The van der Waals surface area contributed by atoms with Crippen LogP contribution in [0, 0.1) is 0 Å². The van der Waals surface area contributed by atoms with Crippen molar-refractivity contribution < 1.29 is 0 Å². The normalized spacial score (nSPS) is 16.7. The van der Waals surface area contributed by atoms with Crippen molar-refractivity contribution in [2.45, 2.75) is 18.9 Å². The molecule has 0 amide bonds. The molecule has 1 N–H and O–H groups in total. The first-order valence-electron chi connectivity index (χ1n) is 9.49. The van der Waals surface area contributed by atoms with Gasteiger partial charge in [0.15, 0.2) is 0 Å². The van der Waals surface area contributed by atoms with Crippen LogP contribution in [0.4, 0.5) is 0 Å². The van der Waals surface area contributed by atoms with Crippen LogP contribution in [0.1, 0.15) is 29.0 Å². The van der Waals surface area contributed by atoms with E-state index < -0.39 is 0 Å². The number of rotatable bonds is 2. The quantitative estimate of drug-likeness (QED) is 0.557. The fraction of sp³-hybridized carbons (Fsp3) is 0.167. The lowest BCUT2D eigenvalue weighted by atomic mass is 9.85. The molecule has 5 rings (SSSR count). The molecule has 3 nitrogen and oxygen atoms in total. The molecule has 2 heterocycles. The van der Waals surface area contributed by atoms with Gasteiger partial charge < -0.3 is 5.32 Å². The maximum Gasteiger partial charge on any atom is 0.0929 e. The van der Waals surface area contributed by atoms with Gasteiger partial charge in [-0.1, -0.05) is 54.6 Å². The van der Waals surface area contributed by atoms with Crippen molar-refractivity contribution >= 4 is 10.8 Å². The molecule has 1 unspecified atom stereocenters. The molecule has 27 heavy (non-hydrogen) atoms. The SMILES string of the molecule is c1cnnc(-c2ccc3c(c2)CNCCC3c2ccc3ccccc3c2)c1. The molecule has 0 fully saturated rings. The van der Waals surface area contributed by atoms with E-state index in [9.17, 15) is 0 Å². The predicted molar refractivity (Wildman–Crippen MR) is 110 cm³/mol. The summed E-state index contributed by atoms with van der Waals surface area (Å²) < 4.78 is 0. The van der Waals surface area contributed by atoms with Gasteiger partial charge in [0.25, 0.3) is 0 Å². The largest absolute Gasteiger partial charge is 0.313 e. The summed E-state index contributed by atoms with van der Waals surface area (Å²) in [4.78, 5) is 0. The molecular formula is C24H21N3. The highest BCUT2D eigenvalue weighted by atomic mass is 15.1. The van der Waals surface area contributed by atoms with E-state index in [4.69, 9.17) is 0 Å². The second-order valence-electron chi connectivity index (χ2n) is 7.15. The Hall–Kier alpha value is -3.04. The number of nitrogens with one attached hydrogen (secondary N) is 1. The second kappa shape index (κ2) is 6.93. The Morgan fingerprint density at radius 2 is 1.78 bits per heavy atom. The third-order valence-electron chi connectivity index (χ3n) is 5.49. The smallest absolute Gasteiger partial charge is 0.0929 e. The van der Waals surface area contributed by atoms with Crippen LogP contribution < -0.4 is 5.32 Å². The summed E-state index contributed by atoms with van der Waals surface area (Å²) >= 11 is 0. The third kappa shape index (κ3) is 3.11. The van der Waals surface area contributed by atoms with Gasteiger partial charge in [-0.15, -0.1) is 0 Å². The Bertz CT molecular complexity index is 1090. The van der Waals surface area contributed by atoms with E-state index in [-0.39, 0.29) is 0 Å². The molecule has 0 spiro atoms. The molecule has 0 saturated carbocycles. The molecule has 0 saturated heterocycles. The van der Waals surface area contributed by atoms with Crippen LogP contribution in [0.2, 0.25) is 0 Å². The number of hydrogen-bond acceptors (Lipinski definition) is 3. The summed E-state index contributed by atoms with van der Waals surface area (Å²) in [6.07, 6.45) is 2.82. The maximum absolute atomic E-state index is 4.26. The van der Waals surface area contributed by atoms with Crippen molar-refractivity contribution in [3.8, 4) is 11.3 Å². The third-order valence-corrected chi connectivity index (χ3v) is 5.49. The lowest BCUT2D eigenvalue weighted by Crippen LogP contribution is -2.12. The van der Waals surface area contributed by atoms with Crippen LogP contribution in [0.25, 0.3) is 22.0 Å². The zero-order chi connectivity index (χ0) is 18.1. The zero-order valence-corrected chi connectivity index (χ0v) is 15.1. The summed E-state index contributed by atoms with van der Waals surface area (Å²) in [5, 5.41) is 14.5. The first-order chi connectivity index (χ1) is 13.4. The number of aromatic nitrogens is 2. The van der Waals surface area contributed by atoms with Crippen LogP contribution in [0.3, 0.4) is 0 Å². The second-order valence-corrected chi connectivity index (χ2v) is 7.15. The molecule has 1 aliphatic heterocycles. The molecule has 0 radical (unpaired) electrons. The summed E-state index contributed by atoms with van der Waals surface area (Å²) in [5.41, 5.74) is 6.22. The first-order valence-corrected chi connectivity index (χ1v) is 9.49. The predicted octanol–water partition coefficient (Wildman–Crippen LogP) is 4.92. The molecule has 1 aliphatic rings. The monoisotopic (exact) mass is 351 g/mol. The zero-order valence-electron chi connectivity index (χ0n) is 15.1. The van der Waals surface area contributed by atoms with Gasteiger partial charge >= 0.3 is 0 Å². The van der Waals surface area contributed by atoms with Crippen LogP contribution in [0.15, 0.2) is 79.0 Å². The van der Waals surface area contributed by atoms with Gasteiger partial charge in [0.05, 0.1) is 5.69 Å². The van der Waals surface area contributed by atoms with E-state index in [2.05, 4.69) is 76.2 Å². The summed E-state index contributed by atoms with van der Waals surface area (Å²) in [6, 6.07) is 26.2. The molecular weight excluding hydrogens is 330 g/mol. The van der Waals surface area contributed by atoms with Crippen molar-refractivity contribution in [3.05, 3.63) is 95.7 Å². The van der Waals surface area contributed by atoms with Gasteiger partial charge in [-0.2, -0.15) is 10.2 Å². The molecule has 0 aliphatic carbocycles. The minimum atomic E-state index is 0.413. The number of nitrogens with zero attached hydrogens (tertiary/aromatic N) is 2. The molecule has 1 atom stereocenters. The number of benzene rings is 3. The number of hydrogen-bond donors (Lipinski definition) is 1. The van der Waals surface area contributed by atoms with Gasteiger partial charge in [-0.3, -0.25) is 0 Å². The molecule has 1 aromatic heterocycles. The van der Waals surface area contributed by atoms with Gasteiger partial charge in [0.1, 0.15) is 0 Å². The lowest BCUT2D eigenvalue weighted by molar-refractivity contribution is 0.647. The van der Waals surface area contributed by atoms with Crippen LogP contribution in [0.5, 0.6) is 0 Å². The maximum atomic E-state index is 4.26. The standard InChI is InChI=1S/C24H21N3/c1-2-5-18-14-19(8-7-17(18)4-1)23-11-13-25-16-21-15-20(9-10-22(21)23)24-6-3-12-26-27-24/h1-10,12,14-15,23,25H,11,13,16H2. The Labute approximate surface area is 159 Å². The first kappa shape index (κ1) is 16.2. The molecule has 0 bridgehead atoms. The van der Waals surface area contributed by atoms with Crippen molar-refractivity contribution in [1.82, 2.24) is 15.5 Å². The van der Waals surface area contributed by atoms with Crippen molar-refractivity contribution in [1.29, 1.82) is 0 Å². The Balaban J connectivity index is 1.58. The highest BCUT2D eigenvalue weighted by molar-refractivity contribution is 5.83. The van der Waals surface area contributed by atoms with Crippen LogP contribution >= 0.6 is 0 Å². The van der Waals surface area contributed by atoms with Gasteiger partial charge in [-0.05, 0) is 58.6 Å². The van der Waals surface area contributed by atoms with Crippen LogP contribution in [-0.4, -0.2) is 16.7 Å². The molecule has 3 heteroatoms. The fourth-order valence-corrected chi connectivity index (χ4v) is 4.11. The van der Waals surface area contributed by atoms with Gasteiger partial charge in [0.2, 0.25) is 0 Å². The summed E-state index contributed by atoms with van der Waals surface area (Å²) in [5.74, 6) is 0.413. The van der Waals surface area contributed by atoms with E-state index in [0.717, 1.165) is 30.8 Å². The van der Waals surface area contributed by atoms with Crippen LogP contribution in [-0.2, 0) is 6.54 Å². The topological polar surface area (TPSA) is 37.8 Å². The highest BCUT2D eigenvalue weighted by Gasteiger charge is 2.21. The summed E-state index contributed by atoms with van der Waals surface area (Å²) in [6.45, 7) is 1.92.